The summed E-state index contributed by atoms with van der Waals surface area (Å²) in [5.41, 5.74) is -0.338. The third-order valence-electron chi connectivity index (χ3n) is 4.47. The van der Waals surface area contributed by atoms with Gasteiger partial charge in [0.2, 0.25) is 5.91 Å². The Bertz CT molecular complexity index is 548. The van der Waals surface area contributed by atoms with Crippen LogP contribution in [-0.4, -0.2) is 23.6 Å². The van der Waals surface area contributed by atoms with Gasteiger partial charge in [0, 0.05) is 6.42 Å². The molecule has 0 radical (unpaired) electrons. The van der Waals surface area contributed by atoms with Gasteiger partial charge in [0.1, 0.15) is 5.75 Å². The van der Waals surface area contributed by atoms with Gasteiger partial charge in [0.15, 0.2) is 0 Å². The molecule has 0 unspecified atom stereocenters. The highest BCUT2D eigenvalue weighted by Gasteiger charge is 2.40. The summed E-state index contributed by atoms with van der Waals surface area (Å²) in [4.78, 5) is 24.2. The number of nitrogens with one attached hydrogen (secondary N) is 1. The summed E-state index contributed by atoms with van der Waals surface area (Å²) < 4.78 is 5.49. The summed E-state index contributed by atoms with van der Waals surface area (Å²) in [5.74, 6) is -0.511. The van der Waals surface area contributed by atoms with Gasteiger partial charge in [0.25, 0.3) is 0 Å². The van der Waals surface area contributed by atoms with Gasteiger partial charge in [-0.2, -0.15) is 0 Å². The number of para-hydroxylation sites is 2. The lowest BCUT2D eigenvalue weighted by molar-refractivity contribution is -0.152. The van der Waals surface area contributed by atoms with E-state index in [0.29, 0.717) is 30.9 Å². The van der Waals surface area contributed by atoms with Gasteiger partial charge < -0.3 is 15.2 Å². The molecule has 1 saturated carbocycles. The van der Waals surface area contributed by atoms with E-state index in [1.54, 1.807) is 12.1 Å². The maximum atomic E-state index is 12.4. The number of carboxylic acids is 1. The monoisotopic (exact) mass is 319 g/mol. The Morgan fingerprint density at radius 3 is 2.43 bits per heavy atom. The van der Waals surface area contributed by atoms with Gasteiger partial charge in [-0.15, -0.1) is 0 Å². The average Bonchev–Trinajstić information content (AvgIpc) is 2.76. The van der Waals surface area contributed by atoms with Crippen molar-refractivity contribution in [1.29, 1.82) is 0 Å². The van der Waals surface area contributed by atoms with Crippen LogP contribution in [0.2, 0.25) is 0 Å². The molecule has 1 aliphatic rings. The zero-order valence-corrected chi connectivity index (χ0v) is 13.6. The molecule has 0 atom stereocenters. The van der Waals surface area contributed by atoms with Crippen molar-refractivity contribution in [3.63, 3.8) is 0 Å². The second-order valence-corrected chi connectivity index (χ2v) is 6.15. The largest absolute Gasteiger partial charge is 0.492 e. The molecule has 0 spiro atoms. The minimum atomic E-state index is -0.929. The van der Waals surface area contributed by atoms with Gasteiger partial charge >= 0.3 is 5.97 Å². The molecule has 1 amide bonds. The van der Waals surface area contributed by atoms with Crippen molar-refractivity contribution in [2.75, 3.05) is 11.9 Å². The first-order valence-electron chi connectivity index (χ1n) is 8.32. The number of carboxylic acid groups (broad SMARTS) is 1. The smallest absolute Gasteiger partial charge is 0.310 e. The summed E-state index contributed by atoms with van der Waals surface area (Å²) in [6.07, 6.45) is 4.99. The molecule has 1 aliphatic carbocycles. The quantitative estimate of drug-likeness (QED) is 0.781. The van der Waals surface area contributed by atoms with Gasteiger partial charge in [-0.05, 0) is 31.9 Å². The summed E-state index contributed by atoms with van der Waals surface area (Å²) >= 11 is 0. The van der Waals surface area contributed by atoms with Crippen molar-refractivity contribution in [3.05, 3.63) is 24.3 Å². The predicted molar refractivity (Wildman–Crippen MR) is 88.6 cm³/mol. The van der Waals surface area contributed by atoms with E-state index in [0.717, 1.165) is 25.7 Å². The third-order valence-corrected chi connectivity index (χ3v) is 4.47. The van der Waals surface area contributed by atoms with Crippen molar-refractivity contribution in [2.24, 2.45) is 5.41 Å². The molecule has 5 nitrogen and oxygen atoms in total. The first-order chi connectivity index (χ1) is 11.1. The molecule has 0 aromatic heterocycles. The van der Waals surface area contributed by atoms with Crippen molar-refractivity contribution in [3.8, 4) is 5.75 Å². The van der Waals surface area contributed by atoms with Gasteiger partial charge in [-0.3, -0.25) is 9.59 Å². The van der Waals surface area contributed by atoms with Crippen LogP contribution in [0.15, 0.2) is 24.3 Å². The first-order valence-corrected chi connectivity index (χ1v) is 8.32. The van der Waals surface area contributed by atoms with Gasteiger partial charge in [-0.1, -0.05) is 37.8 Å². The number of ether oxygens (including phenoxy) is 1. The number of anilines is 1. The molecular weight excluding hydrogens is 294 g/mol. The normalized spacial score (nSPS) is 17.1. The Kier molecular flexibility index (Phi) is 6.02. The standard InChI is InChI=1S/C18H25NO4/c1-2-23-15-10-6-5-9-14(15)19-16(20)13-18(17(21)22)11-7-3-4-8-12-18/h5-6,9-10H,2-4,7-8,11-13H2,1H3,(H,19,20)(H,21,22). The summed E-state index contributed by atoms with van der Waals surface area (Å²) in [6.45, 7) is 2.38. The van der Waals surface area contributed by atoms with E-state index >= 15 is 0 Å². The molecule has 0 aliphatic heterocycles. The zero-order valence-electron chi connectivity index (χ0n) is 13.6. The van der Waals surface area contributed by atoms with Crippen molar-refractivity contribution >= 4 is 17.6 Å². The fourth-order valence-electron chi connectivity index (χ4n) is 3.22. The topological polar surface area (TPSA) is 75.6 Å². The Morgan fingerprint density at radius 1 is 1.17 bits per heavy atom. The maximum Gasteiger partial charge on any atom is 0.310 e. The Labute approximate surface area is 137 Å². The van der Waals surface area contributed by atoms with E-state index < -0.39 is 11.4 Å². The number of rotatable bonds is 6. The van der Waals surface area contributed by atoms with Crippen LogP contribution in [0, 0.1) is 5.41 Å². The Morgan fingerprint density at radius 2 is 1.83 bits per heavy atom. The van der Waals surface area contributed by atoms with E-state index in [-0.39, 0.29) is 12.3 Å². The number of aliphatic carboxylic acids is 1. The molecule has 2 rings (SSSR count). The molecule has 1 aromatic rings. The summed E-state index contributed by atoms with van der Waals surface area (Å²) in [5, 5.41) is 12.5. The lowest BCUT2D eigenvalue weighted by atomic mass is 9.77. The molecule has 0 saturated heterocycles. The molecular formula is C18H25NO4. The summed E-state index contributed by atoms with van der Waals surface area (Å²) in [7, 11) is 0. The van der Waals surface area contributed by atoms with Crippen LogP contribution in [0.5, 0.6) is 5.75 Å². The van der Waals surface area contributed by atoms with E-state index in [1.807, 2.05) is 19.1 Å². The van der Waals surface area contributed by atoms with E-state index in [1.165, 1.54) is 0 Å². The van der Waals surface area contributed by atoms with Crippen LogP contribution < -0.4 is 10.1 Å². The van der Waals surface area contributed by atoms with E-state index in [2.05, 4.69) is 5.32 Å². The van der Waals surface area contributed by atoms with Crippen LogP contribution in [0.1, 0.15) is 51.9 Å². The molecule has 1 fully saturated rings. The molecule has 126 valence electrons. The van der Waals surface area contributed by atoms with E-state index in [9.17, 15) is 14.7 Å². The number of hydrogen-bond donors (Lipinski definition) is 2. The number of hydrogen-bond acceptors (Lipinski definition) is 3. The van der Waals surface area contributed by atoms with E-state index in [4.69, 9.17) is 4.74 Å². The van der Waals surface area contributed by atoms with Crippen LogP contribution in [-0.2, 0) is 9.59 Å². The number of amides is 1. The van der Waals surface area contributed by atoms with Crippen molar-refractivity contribution < 1.29 is 19.4 Å². The van der Waals surface area contributed by atoms with Crippen molar-refractivity contribution in [1.82, 2.24) is 0 Å². The SMILES string of the molecule is CCOc1ccccc1NC(=O)CC1(C(=O)O)CCCCCC1. The van der Waals surface area contributed by atoms with Crippen molar-refractivity contribution in [2.45, 2.75) is 51.9 Å². The molecule has 0 heterocycles. The third kappa shape index (κ3) is 4.47. The minimum absolute atomic E-state index is 0.0167. The second kappa shape index (κ2) is 7.99. The average molecular weight is 319 g/mol. The highest BCUT2D eigenvalue weighted by atomic mass is 16.5. The molecule has 23 heavy (non-hydrogen) atoms. The van der Waals surface area contributed by atoms with Crippen LogP contribution in [0.4, 0.5) is 5.69 Å². The highest BCUT2D eigenvalue weighted by Crippen LogP contribution is 2.39. The second-order valence-electron chi connectivity index (χ2n) is 6.15. The Hall–Kier alpha value is -2.04. The summed E-state index contributed by atoms with van der Waals surface area (Å²) in [6, 6.07) is 7.21. The van der Waals surface area contributed by atoms with Crippen LogP contribution in [0.3, 0.4) is 0 Å². The van der Waals surface area contributed by atoms with Crippen LogP contribution >= 0.6 is 0 Å². The molecule has 0 bridgehead atoms. The lowest BCUT2D eigenvalue weighted by Crippen LogP contribution is -2.35. The fraction of sp³-hybridized carbons (Fsp3) is 0.556. The number of carbonyl (C=O) groups is 2. The van der Waals surface area contributed by atoms with Gasteiger partial charge in [-0.25, -0.2) is 0 Å². The zero-order chi connectivity index (χ0) is 16.7. The molecule has 2 N–H and O–H groups in total. The van der Waals surface area contributed by atoms with Gasteiger partial charge in [0.05, 0.1) is 17.7 Å². The fourth-order valence-corrected chi connectivity index (χ4v) is 3.22. The molecule has 1 aromatic carbocycles. The first kappa shape index (κ1) is 17.3. The number of carbonyl (C=O) groups excluding carboxylic acids is 1. The lowest BCUT2D eigenvalue weighted by Gasteiger charge is -2.27. The Balaban J connectivity index is 2.09. The predicted octanol–water partition coefficient (Wildman–Crippen LogP) is 3.84. The molecule has 5 heteroatoms. The number of benzene rings is 1. The highest BCUT2D eigenvalue weighted by molar-refractivity contribution is 5.95. The maximum absolute atomic E-state index is 12.4. The van der Waals surface area contributed by atoms with Crippen LogP contribution in [0.25, 0.3) is 0 Å². The minimum Gasteiger partial charge on any atom is -0.492 e.